The van der Waals surface area contributed by atoms with Crippen LogP contribution in [0, 0.1) is 0 Å². The van der Waals surface area contributed by atoms with Crippen molar-refractivity contribution in [3.8, 4) is 11.5 Å². The number of fused-ring (bicyclic) bond motifs is 1. The van der Waals surface area contributed by atoms with Gasteiger partial charge in [0.2, 0.25) is 0 Å². The first-order valence-corrected chi connectivity index (χ1v) is 6.93. The van der Waals surface area contributed by atoms with Crippen molar-refractivity contribution in [2.45, 2.75) is 19.4 Å². The molecule has 2 heterocycles. The lowest BCUT2D eigenvalue weighted by Gasteiger charge is -2.10. The molecular weight excluding hydrogens is 264 g/mol. The number of aliphatic hydroxyl groups excluding tert-OH is 1. The van der Waals surface area contributed by atoms with Crippen molar-refractivity contribution in [2.24, 2.45) is 0 Å². The Hall–Kier alpha value is -2.46. The Morgan fingerprint density at radius 3 is 2.71 bits per heavy atom. The standard InChI is InChI=1S/C17H16N2O2/c1-2-15(20)14-9-8-13(11-19-14)21-16-7-3-5-12-6-4-10-18-17(12)16/h3-11,15,20H,2H2,1H3. The second-order valence-corrected chi connectivity index (χ2v) is 4.78. The van der Waals surface area contributed by atoms with Crippen LogP contribution < -0.4 is 4.74 Å². The Morgan fingerprint density at radius 1 is 1.10 bits per heavy atom. The van der Waals surface area contributed by atoms with Crippen LogP contribution in [0.1, 0.15) is 25.1 Å². The number of hydrogen-bond acceptors (Lipinski definition) is 4. The van der Waals surface area contributed by atoms with Gasteiger partial charge in [0, 0.05) is 11.6 Å². The van der Waals surface area contributed by atoms with E-state index in [1.807, 2.05) is 43.3 Å². The van der Waals surface area contributed by atoms with Crippen molar-refractivity contribution in [1.82, 2.24) is 9.97 Å². The van der Waals surface area contributed by atoms with Gasteiger partial charge in [0.1, 0.15) is 11.3 Å². The van der Waals surface area contributed by atoms with Crippen molar-refractivity contribution in [2.75, 3.05) is 0 Å². The molecule has 0 saturated carbocycles. The minimum atomic E-state index is -0.529. The van der Waals surface area contributed by atoms with E-state index in [9.17, 15) is 5.11 Å². The van der Waals surface area contributed by atoms with Crippen LogP contribution in [0.15, 0.2) is 54.9 Å². The lowest BCUT2D eigenvalue weighted by molar-refractivity contribution is 0.169. The molecule has 0 aliphatic carbocycles. The third kappa shape index (κ3) is 2.85. The van der Waals surface area contributed by atoms with Crippen LogP contribution >= 0.6 is 0 Å². The van der Waals surface area contributed by atoms with Gasteiger partial charge in [-0.2, -0.15) is 0 Å². The zero-order valence-electron chi connectivity index (χ0n) is 11.7. The van der Waals surface area contributed by atoms with Crippen molar-refractivity contribution in [1.29, 1.82) is 0 Å². The van der Waals surface area contributed by atoms with Crippen molar-refractivity contribution in [3.63, 3.8) is 0 Å². The molecule has 1 N–H and O–H groups in total. The molecule has 4 nitrogen and oxygen atoms in total. The normalized spacial score (nSPS) is 12.3. The summed E-state index contributed by atoms with van der Waals surface area (Å²) in [4.78, 5) is 8.58. The van der Waals surface area contributed by atoms with E-state index in [-0.39, 0.29) is 0 Å². The summed E-state index contributed by atoms with van der Waals surface area (Å²) in [6.45, 7) is 1.92. The van der Waals surface area contributed by atoms with Crippen molar-refractivity contribution in [3.05, 3.63) is 60.6 Å². The highest BCUT2D eigenvalue weighted by atomic mass is 16.5. The quantitative estimate of drug-likeness (QED) is 0.788. The maximum absolute atomic E-state index is 9.74. The van der Waals surface area contributed by atoms with Gasteiger partial charge in [0.05, 0.1) is 18.0 Å². The number of nitrogens with zero attached hydrogens (tertiary/aromatic N) is 2. The van der Waals surface area contributed by atoms with Crippen LogP contribution in [0.5, 0.6) is 11.5 Å². The molecule has 0 aliphatic rings. The predicted molar refractivity (Wildman–Crippen MR) is 81.3 cm³/mol. The lowest BCUT2D eigenvalue weighted by atomic mass is 10.2. The molecule has 0 saturated heterocycles. The summed E-state index contributed by atoms with van der Waals surface area (Å²) in [7, 11) is 0. The van der Waals surface area contributed by atoms with E-state index in [4.69, 9.17) is 4.74 Å². The van der Waals surface area contributed by atoms with Crippen LogP contribution in [-0.2, 0) is 0 Å². The molecule has 2 aromatic heterocycles. The zero-order chi connectivity index (χ0) is 14.7. The Labute approximate surface area is 123 Å². The molecule has 4 heteroatoms. The van der Waals surface area contributed by atoms with Crippen LogP contribution in [0.4, 0.5) is 0 Å². The highest BCUT2D eigenvalue weighted by Gasteiger charge is 2.08. The third-order valence-corrected chi connectivity index (χ3v) is 3.31. The summed E-state index contributed by atoms with van der Waals surface area (Å²) in [5.41, 5.74) is 1.47. The predicted octanol–water partition coefficient (Wildman–Crippen LogP) is 3.87. The minimum Gasteiger partial charge on any atom is -0.453 e. The van der Waals surface area contributed by atoms with Gasteiger partial charge in [-0.1, -0.05) is 25.1 Å². The van der Waals surface area contributed by atoms with Gasteiger partial charge in [-0.25, -0.2) is 0 Å². The number of para-hydroxylation sites is 1. The monoisotopic (exact) mass is 280 g/mol. The number of pyridine rings is 2. The lowest BCUT2D eigenvalue weighted by Crippen LogP contribution is -1.98. The van der Waals surface area contributed by atoms with Gasteiger partial charge in [0.25, 0.3) is 0 Å². The molecule has 0 fully saturated rings. The molecule has 1 aromatic carbocycles. The van der Waals surface area contributed by atoms with Crippen molar-refractivity contribution >= 4 is 10.9 Å². The van der Waals surface area contributed by atoms with E-state index < -0.39 is 6.10 Å². The fourth-order valence-electron chi connectivity index (χ4n) is 2.14. The van der Waals surface area contributed by atoms with Crippen LogP contribution in [0.3, 0.4) is 0 Å². The average Bonchev–Trinajstić information content (AvgIpc) is 2.55. The van der Waals surface area contributed by atoms with E-state index in [2.05, 4.69) is 9.97 Å². The SMILES string of the molecule is CCC(O)c1ccc(Oc2cccc3cccnc23)cn1. The van der Waals surface area contributed by atoms with Gasteiger partial charge in [0.15, 0.2) is 5.75 Å². The average molecular weight is 280 g/mol. The molecule has 0 bridgehead atoms. The van der Waals surface area contributed by atoms with E-state index in [1.54, 1.807) is 18.5 Å². The number of hydrogen-bond donors (Lipinski definition) is 1. The highest BCUT2D eigenvalue weighted by Crippen LogP contribution is 2.28. The summed E-state index contributed by atoms with van der Waals surface area (Å²) < 4.78 is 5.85. The number of aliphatic hydroxyl groups is 1. The molecule has 0 aliphatic heterocycles. The molecule has 1 unspecified atom stereocenters. The number of rotatable bonds is 4. The molecule has 21 heavy (non-hydrogen) atoms. The highest BCUT2D eigenvalue weighted by molar-refractivity contribution is 5.84. The number of aromatic nitrogens is 2. The fraction of sp³-hybridized carbons (Fsp3) is 0.176. The fourth-order valence-corrected chi connectivity index (χ4v) is 2.14. The number of benzene rings is 1. The molecule has 0 radical (unpaired) electrons. The maximum atomic E-state index is 9.74. The van der Waals surface area contributed by atoms with E-state index in [1.165, 1.54) is 0 Å². The van der Waals surface area contributed by atoms with Crippen LogP contribution in [0.2, 0.25) is 0 Å². The van der Waals surface area contributed by atoms with E-state index in [0.29, 0.717) is 23.6 Å². The molecule has 3 aromatic rings. The second kappa shape index (κ2) is 5.89. The first-order valence-electron chi connectivity index (χ1n) is 6.93. The smallest absolute Gasteiger partial charge is 0.153 e. The van der Waals surface area contributed by atoms with Crippen LogP contribution in [-0.4, -0.2) is 15.1 Å². The molecule has 3 rings (SSSR count). The van der Waals surface area contributed by atoms with Gasteiger partial charge in [-0.05, 0) is 30.7 Å². The van der Waals surface area contributed by atoms with Crippen LogP contribution in [0.25, 0.3) is 10.9 Å². The van der Waals surface area contributed by atoms with E-state index >= 15 is 0 Å². The molecule has 0 amide bonds. The third-order valence-electron chi connectivity index (χ3n) is 3.31. The molecule has 1 atom stereocenters. The minimum absolute atomic E-state index is 0.529. The summed E-state index contributed by atoms with van der Waals surface area (Å²) >= 11 is 0. The summed E-state index contributed by atoms with van der Waals surface area (Å²) in [6, 6.07) is 13.3. The first-order chi connectivity index (χ1) is 10.3. The van der Waals surface area contributed by atoms with Gasteiger partial charge in [-0.3, -0.25) is 9.97 Å². The largest absolute Gasteiger partial charge is 0.453 e. The zero-order valence-corrected chi connectivity index (χ0v) is 11.7. The number of ether oxygens (including phenoxy) is 1. The maximum Gasteiger partial charge on any atom is 0.153 e. The van der Waals surface area contributed by atoms with E-state index in [0.717, 1.165) is 10.9 Å². The first kappa shape index (κ1) is 13.5. The summed E-state index contributed by atoms with van der Waals surface area (Å²) in [5.74, 6) is 1.32. The Bertz CT molecular complexity index is 736. The molecule has 0 spiro atoms. The Balaban J connectivity index is 1.88. The summed E-state index contributed by atoms with van der Waals surface area (Å²) in [6.07, 6.45) is 3.48. The van der Waals surface area contributed by atoms with Gasteiger partial charge < -0.3 is 9.84 Å². The Morgan fingerprint density at radius 2 is 1.95 bits per heavy atom. The summed E-state index contributed by atoms with van der Waals surface area (Å²) in [5, 5.41) is 10.8. The van der Waals surface area contributed by atoms with Gasteiger partial charge in [-0.15, -0.1) is 0 Å². The second-order valence-electron chi connectivity index (χ2n) is 4.78. The molecule has 106 valence electrons. The topological polar surface area (TPSA) is 55.2 Å². The van der Waals surface area contributed by atoms with Gasteiger partial charge >= 0.3 is 0 Å². The van der Waals surface area contributed by atoms with Crippen molar-refractivity contribution < 1.29 is 9.84 Å². The Kier molecular flexibility index (Phi) is 3.79. The molecular formula is C17H16N2O2.